The van der Waals surface area contributed by atoms with Crippen molar-refractivity contribution in [3.63, 3.8) is 0 Å². The molecule has 78 valence electrons. The maximum Gasteiger partial charge on any atom is 0.334 e. The lowest BCUT2D eigenvalue weighted by Gasteiger charge is -2.05. The standard InChI is InChI=1S/C10H20O3/c1-3-4-5-6-7-8-13-10(12)9(2)11/h9,11H,3-8H2,1-2H3/t9-/m0/s1. The molecule has 0 aliphatic heterocycles. The Bertz CT molecular complexity index is 132. The minimum Gasteiger partial charge on any atom is -0.464 e. The molecule has 0 saturated heterocycles. The summed E-state index contributed by atoms with van der Waals surface area (Å²) < 4.78 is 4.79. The van der Waals surface area contributed by atoms with E-state index in [4.69, 9.17) is 9.84 Å². The predicted octanol–water partition coefficient (Wildman–Crippen LogP) is 1.88. The van der Waals surface area contributed by atoms with E-state index in [9.17, 15) is 4.79 Å². The van der Waals surface area contributed by atoms with Crippen LogP contribution in [0.2, 0.25) is 0 Å². The Kier molecular flexibility index (Phi) is 7.69. The average molecular weight is 188 g/mol. The monoisotopic (exact) mass is 188 g/mol. The van der Waals surface area contributed by atoms with Crippen LogP contribution in [0.15, 0.2) is 0 Å². The van der Waals surface area contributed by atoms with Gasteiger partial charge >= 0.3 is 5.97 Å². The summed E-state index contributed by atoms with van der Waals surface area (Å²) in [4.78, 5) is 10.8. The fraction of sp³-hybridized carbons (Fsp3) is 0.900. The highest BCUT2D eigenvalue weighted by Crippen LogP contribution is 2.02. The second kappa shape index (κ2) is 8.05. The Balaban J connectivity index is 3.12. The van der Waals surface area contributed by atoms with Crippen LogP contribution in [-0.4, -0.2) is 23.8 Å². The lowest BCUT2D eigenvalue weighted by Crippen LogP contribution is -2.19. The van der Waals surface area contributed by atoms with Gasteiger partial charge in [-0.25, -0.2) is 4.79 Å². The summed E-state index contributed by atoms with van der Waals surface area (Å²) in [6, 6.07) is 0. The van der Waals surface area contributed by atoms with E-state index >= 15 is 0 Å². The van der Waals surface area contributed by atoms with Crippen LogP contribution in [-0.2, 0) is 9.53 Å². The van der Waals surface area contributed by atoms with Crippen LogP contribution in [0.3, 0.4) is 0 Å². The van der Waals surface area contributed by atoms with E-state index in [1.807, 2.05) is 0 Å². The first kappa shape index (κ1) is 12.4. The van der Waals surface area contributed by atoms with Crippen molar-refractivity contribution in [1.82, 2.24) is 0 Å². The number of aliphatic hydroxyl groups excluding tert-OH is 1. The Morgan fingerprint density at radius 2 is 1.92 bits per heavy atom. The van der Waals surface area contributed by atoms with Gasteiger partial charge in [0, 0.05) is 0 Å². The van der Waals surface area contributed by atoms with Crippen molar-refractivity contribution in [3.8, 4) is 0 Å². The molecule has 0 aromatic heterocycles. The molecule has 13 heavy (non-hydrogen) atoms. The highest BCUT2D eigenvalue weighted by Gasteiger charge is 2.08. The van der Waals surface area contributed by atoms with Crippen LogP contribution in [0, 0.1) is 0 Å². The van der Waals surface area contributed by atoms with Gasteiger partial charge in [-0.15, -0.1) is 0 Å². The SMILES string of the molecule is CCCCCCCOC(=O)[C@H](C)O. The molecule has 0 heterocycles. The minimum absolute atomic E-state index is 0.438. The van der Waals surface area contributed by atoms with Crippen LogP contribution in [0.5, 0.6) is 0 Å². The number of unbranched alkanes of at least 4 members (excludes halogenated alkanes) is 4. The van der Waals surface area contributed by atoms with Crippen molar-refractivity contribution in [2.24, 2.45) is 0 Å². The molecule has 3 nitrogen and oxygen atoms in total. The van der Waals surface area contributed by atoms with E-state index in [0.717, 1.165) is 12.8 Å². The molecule has 0 aromatic rings. The van der Waals surface area contributed by atoms with Gasteiger partial charge in [-0.3, -0.25) is 0 Å². The lowest BCUT2D eigenvalue weighted by atomic mass is 10.2. The molecule has 0 saturated carbocycles. The average Bonchev–Trinajstić information content (AvgIpc) is 2.10. The van der Waals surface area contributed by atoms with Crippen LogP contribution < -0.4 is 0 Å². The zero-order valence-electron chi connectivity index (χ0n) is 8.58. The third-order valence-electron chi connectivity index (χ3n) is 1.83. The number of aliphatic hydroxyl groups is 1. The van der Waals surface area contributed by atoms with Gasteiger partial charge in [0.1, 0.15) is 6.10 Å². The summed E-state index contributed by atoms with van der Waals surface area (Å²) in [7, 11) is 0. The van der Waals surface area contributed by atoms with Gasteiger partial charge < -0.3 is 9.84 Å². The summed E-state index contributed by atoms with van der Waals surface area (Å²) >= 11 is 0. The molecular formula is C10H20O3. The molecule has 0 radical (unpaired) electrons. The van der Waals surface area contributed by atoms with E-state index in [1.54, 1.807) is 0 Å². The normalized spacial score (nSPS) is 12.5. The second-order valence-electron chi connectivity index (χ2n) is 3.26. The Hall–Kier alpha value is -0.570. The molecular weight excluding hydrogens is 168 g/mol. The van der Waals surface area contributed by atoms with Crippen LogP contribution in [0.25, 0.3) is 0 Å². The zero-order valence-corrected chi connectivity index (χ0v) is 8.58. The first-order chi connectivity index (χ1) is 6.18. The Morgan fingerprint density at radius 1 is 1.31 bits per heavy atom. The quantitative estimate of drug-likeness (QED) is 0.490. The van der Waals surface area contributed by atoms with Crippen molar-refractivity contribution >= 4 is 5.97 Å². The lowest BCUT2D eigenvalue weighted by molar-refractivity contribution is -0.152. The fourth-order valence-electron chi connectivity index (χ4n) is 0.999. The van der Waals surface area contributed by atoms with Crippen LogP contribution in [0.4, 0.5) is 0 Å². The van der Waals surface area contributed by atoms with E-state index < -0.39 is 12.1 Å². The van der Waals surface area contributed by atoms with Gasteiger partial charge in [0.25, 0.3) is 0 Å². The minimum atomic E-state index is -0.990. The summed E-state index contributed by atoms with van der Waals surface area (Å²) in [5.41, 5.74) is 0. The van der Waals surface area contributed by atoms with Crippen molar-refractivity contribution in [2.45, 2.75) is 52.1 Å². The third-order valence-corrected chi connectivity index (χ3v) is 1.83. The first-order valence-electron chi connectivity index (χ1n) is 5.03. The highest BCUT2D eigenvalue weighted by molar-refractivity contribution is 5.73. The van der Waals surface area contributed by atoms with Crippen LogP contribution in [0.1, 0.15) is 46.0 Å². The van der Waals surface area contributed by atoms with Gasteiger partial charge in [-0.2, -0.15) is 0 Å². The van der Waals surface area contributed by atoms with Crippen LogP contribution >= 0.6 is 0 Å². The molecule has 3 heteroatoms. The molecule has 0 aliphatic rings. The second-order valence-corrected chi connectivity index (χ2v) is 3.26. The van der Waals surface area contributed by atoms with Gasteiger partial charge in [0.15, 0.2) is 0 Å². The van der Waals surface area contributed by atoms with E-state index in [-0.39, 0.29) is 0 Å². The van der Waals surface area contributed by atoms with E-state index in [1.165, 1.54) is 26.2 Å². The molecule has 1 atom stereocenters. The number of hydrogen-bond acceptors (Lipinski definition) is 3. The molecule has 0 unspecified atom stereocenters. The molecule has 0 bridgehead atoms. The van der Waals surface area contributed by atoms with E-state index in [0.29, 0.717) is 6.61 Å². The van der Waals surface area contributed by atoms with Crippen molar-refractivity contribution in [3.05, 3.63) is 0 Å². The molecule has 0 spiro atoms. The number of rotatable bonds is 7. The highest BCUT2D eigenvalue weighted by atomic mass is 16.5. The Morgan fingerprint density at radius 3 is 2.46 bits per heavy atom. The summed E-state index contributed by atoms with van der Waals surface area (Å²) in [5, 5.41) is 8.79. The zero-order chi connectivity index (χ0) is 10.1. The van der Waals surface area contributed by atoms with Crippen molar-refractivity contribution < 1.29 is 14.6 Å². The summed E-state index contributed by atoms with van der Waals surface area (Å²) in [6.07, 6.45) is 4.66. The topological polar surface area (TPSA) is 46.5 Å². The molecule has 0 rings (SSSR count). The molecule has 1 N–H and O–H groups in total. The maximum atomic E-state index is 10.8. The number of hydrogen-bond donors (Lipinski definition) is 1. The molecule has 0 fully saturated rings. The van der Waals surface area contributed by atoms with Crippen molar-refractivity contribution in [2.75, 3.05) is 6.61 Å². The smallest absolute Gasteiger partial charge is 0.334 e. The van der Waals surface area contributed by atoms with Gasteiger partial charge in [0.05, 0.1) is 6.61 Å². The maximum absolute atomic E-state index is 10.8. The Labute approximate surface area is 80.1 Å². The van der Waals surface area contributed by atoms with Gasteiger partial charge in [0.2, 0.25) is 0 Å². The predicted molar refractivity (Wildman–Crippen MR) is 51.4 cm³/mol. The number of carbonyl (C=O) groups is 1. The van der Waals surface area contributed by atoms with Gasteiger partial charge in [-0.1, -0.05) is 32.6 Å². The summed E-state index contributed by atoms with van der Waals surface area (Å²) in [5.74, 6) is -0.518. The summed E-state index contributed by atoms with van der Waals surface area (Å²) in [6.45, 7) is 4.01. The number of ether oxygens (including phenoxy) is 1. The number of esters is 1. The molecule has 0 aliphatic carbocycles. The molecule has 0 amide bonds. The third kappa shape index (κ3) is 7.78. The number of carbonyl (C=O) groups excluding carboxylic acids is 1. The fourth-order valence-corrected chi connectivity index (χ4v) is 0.999. The first-order valence-corrected chi connectivity index (χ1v) is 5.03. The van der Waals surface area contributed by atoms with Gasteiger partial charge in [-0.05, 0) is 13.3 Å². The molecule has 0 aromatic carbocycles. The van der Waals surface area contributed by atoms with Crippen molar-refractivity contribution in [1.29, 1.82) is 0 Å². The van der Waals surface area contributed by atoms with E-state index in [2.05, 4.69) is 6.92 Å². The largest absolute Gasteiger partial charge is 0.464 e.